The molecule has 0 saturated heterocycles. The van der Waals surface area contributed by atoms with E-state index in [0.29, 0.717) is 0 Å². The molecule has 48 heteroatoms. The van der Waals surface area contributed by atoms with Gasteiger partial charge < -0.3 is 75.3 Å². The number of carbonyl (C=O) groups excluding carboxylic acids is 9. The molecule has 6 heterocycles. The zero-order valence-corrected chi connectivity index (χ0v) is 67.6. The van der Waals surface area contributed by atoms with Crippen molar-refractivity contribution >= 4 is 197 Å². The third kappa shape index (κ3) is 17.4. The van der Waals surface area contributed by atoms with Gasteiger partial charge >= 0.3 is 0 Å². The van der Waals surface area contributed by atoms with Crippen LogP contribution >= 0.6 is 0 Å². The Morgan fingerprint density at radius 1 is 0.267 bits per heavy atom. The number of nitrogens with zero attached hydrogens (tertiary/aromatic N) is 6. The maximum Gasteiger partial charge on any atom is 0.295 e. The molecule has 0 saturated carbocycles. The quantitative estimate of drug-likeness (QED) is 0.0207. The number of amides is 9. The van der Waals surface area contributed by atoms with E-state index in [-0.39, 0.29) is 118 Å². The second kappa shape index (κ2) is 31.4. The van der Waals surface area contributed by atoms with Crippen LogP contribution in [0.5, 0.6) is 0 Å². The fourth-order valence-corrected chi connectivity index (χ4v) is 16.8. The topological polar surface area (TPSA) is 618 Å². The summed E-state index contributed by atoms with van der Waals surface area (Å²) in [6, 6.07) is 21.5. The number of aromatic nitrogens is 6. The maximum atomic E-state index is 15.2. The second-order valence-electron chi connectivity index (χ2n) is 27.0. The first-order chi connectivity index (χ1) is 55.8. The van der Waals surface area contributed by atoms with E-state index in [4.69, 9.17) is 0 Å². The maximum absolute atomic E-state index is 15.2. The summed E-state index contributed by atoms with van der Waals surface area (Å²) in [5.41, 5.74) is -4.51. The van der Waals surface area contributed by atoms with Crippen molar-refractivity contribution in [1.29, 1.82) is 0 Å². The van der Waals surface area contributed by atoms with Crippen LogP contribution < -0.4 is 47.9 Å². The monoisotopic (exact) mass is 1760 g/mol. The van der Waals surface area contributed by atoms with Gasteiger partial charge in [0.25, 0.3) is 96.2 Å². The van der Waals surface area contributed by atoms with Crippen LogP contribution in [0.4, 0.5) is 51.2 Å². The van der Waals surface area contributed by atoms with Gasteiger partial charge in [0.05, 0.1) is 48.8 Å². The number of carbonyl (C=O) groups is 9. The number of rotatable bonds is 25. The predicted octanol–water partition coefficient (Wildman–Crippen LogP) is 6.78. The fourth-order valence-electron chi connectivity index (χ4n) is 13.2. The largest absolute Gasteiger partial charge is 0.344 e. The highest BCUT2D eigenvalue weighted by Crippen LogP contribution is 2.38. The van der Waals surface area contributed by atoms with Gasteiger partial charge in [-0.15, -0.1) is 0 Å². The van der Waals surface area contributed by atoms with E-state index in [1.54, 1.807) is 0 Å². The minimum atomic E-state index is -4.99. The Morgan fingerprint density at radius 3 is 0.658 bits per heavy atom. The first kappa shape index (κ1) is 85.8. The average Bonchev–Trinajstić information content (AvgIpc) is 1.68. The number of aryl methyl sites for hydroxylation is 6. The number of nitrogens with one attached hydrogen (secondary N) is 9. The molecule has 15 N–H and O–H groups in total. The number of fused-ring (bicyclic) bond motifs is 3. The Bertz CT molecular complexity index is 6570. The van der Waals surface area contributed by atoms with Crippen molar-refractivity contribution in [2.75, 3.05) is 47.9 Å². The van der Waals surface area contributed by atoms with Crippen LogP contribution in [0.15, 0.2) is 194 Å². The summed E-state index contributed by atoms with van der Waals surface area (Å²) in [5.74, 6) is -9.11. The molecule has 0 aliphatic rings. The third-order valence-electron chi connectivity index (χ3n) is 19.0. The Morgan fingerprint density at radius 2 is 0.467 bits per heavy atom. The second-order valence-corrected chi connectivity index (χ2v) is 35.4. The Labute approximate surface area is 678 Å². The summed E-state index contributed by atoms with van der Waals surface area (Å²) in [5, 5.41) is 21.7. The molecule has 0 atom stereocenters. The van der Waals surface area contributed by atoms with Crippen molar-refractivity contribution in [2.24, 2.45) is 47.7 Å². The molecule has 12 aromatic rings. The summed E-state index contributed by atoms with van der Waals surface area (Å²) >= 11 is 0. The van der Waals surface area contributed by atoms with E-state index in [1.165, 1.54) is 132 Å². The molecular weight excluding hydrogens is 1700 g/mol. The van der Waals surface area contributed by atoms with Gasteiger partial charge in [-0.05, 0) is 116 Å². The molecule has 0 aliphatic carbocycles. The smallest absolute Gasteiger partial charge is 0.295 e. The molecule has 0 spiro atoms. The molecule has 0 aliphatic heterocycles. The number of benzene rings is 6. The molecular formula is C72H65N15O27S6. The van der Waals surface area contributed by atoms with Crippen molar-refractivity contribution in [3.05, 3.63) is 199 Å². The lowest BCUT2D eigenvalue weighted by atomic mass is 9.81. The Balaban J connectivity index is 0.787. The highest BCUT2D eigenvalue weighted by atomic mass is 32.2. The van der Waals surface area contributed by atoms with Gasteiger partial charge in [-0.2, -0.15) is 50.5 Å². The van der Waals surface area contributed by atoms with Crippen LogP contribution in [0.25, 0.3) is 32.3 Å². The minimum absolute atomic E-state index is 0.00913. The summed E-state index contributed by atoms with van der Waals surface area (Å²) in [7, 11) is -21.2. The summed E-state index contributed by atoms with van der Waals surface area (Å²) < 4.78 is 212. The van der Waals surface area contributed by atoms with Crippen molar-refractivity contribution in [1.82, 2.24) is 27.4 Å². The number of hydrogen-bond acceptors (Lipinski definition) is 21. The molecule has 0 bridgehead atoms. The molecule has 12 rings (SSSR count). The first-order valence-corrected chi connectivity index (χ1v) is 42.8. The average molecular weight is 1760 g/mol. The number of hydrogen-bond donors (Lipinski definition) is 15. The highest BCUT2D eigenvalue weighted by molar-refractivity contribution is 7.87. The first-order valence-electron chi connectivity index (χ1n) is 34.2. The van der Waals surface area contributed by atoms with Gasteiger partial charge in [0.2, 0.25) is 23.1 Å². The Kier molecular flexibility index (Phi) is 22.5. The van der Waals surface area contributed by atoms with Gasteiger partial charge in [-0.25, -0.2) is 0 Å². The van der Waals surface area contributed by atoms with E-state index in [2.05, 4.69) is 47.9 Å². The van der Waals surface area contributed by atoms with Crippen LogP contribution in [0, 0.1) is 5.41 Å². The highest BCUT2D eigenvalue weighted by Gasteiger charge is 2.52. The van der Waals surface area contributed by atoms with Crippen LogP contribution in [0.3, 0.4) is 0 Å². The van der Waals surface area contributed by atoms with E-state index >= 15 is 14.4 Å². The van der Waals surface area contributed by atoms with Crippen LogP contribution in [0.1, 0.15) is 76.3 Å². The summed E-state index contributed by atoms with van der Waals surface area (Å²) in [6.07, 6.45) is 7.03. The minimum Gasteiger partial charge on any atom is -0.344 e. The molecule has 120 heavy (non-hydrogen) atoms. The van der Waals surface area contributed by atoms with E-state index in [1.807, 2.05) is 0 Å². The summed E-state index contributed by atoms with van der Waals surface area (Å²) in [6.45, 7) is 1.30. The van der Waals surface area contributed by atoms with Crippen LogP contribution in [-0.4, -0.2) is 158 Å². The van der Waals surface area contributed by atoms with Crippen molar-refractivity contribution < 1.29 is 121 Å². The van der Waals surface area contributed by atoms with Crippen LogP contribution in [-0.2, 0) is 117 Å². The molecule has 42 nitrogen and oxygen atoms in total. The fraction of sp³-hybridized carbons (Fsp3) is 0.125. The van der Waals surface area contributed by atoms with E-state index in [0.717, 1.165) is 109 Å². The van der Waals surface area contributed by atoms with Gasteiger partial charge in [0, 0.05) is 129 Å². The zero-order chi connectivity index (χ0) is 87.9. The standard InChI is InChI=1S/C72H65N15O27S6/c1-8-72(69(94)76-39-24-54(85(5)33-39)63(88)73-36-21-57(82(2)30-36)66(91)79-51-15-18-60(118(106,107)108)48-27-42(115(97,98)99)9-12-45(48)51,70(95)77-40-25-55(86(6)34-40)64(89)74-37-22-58(83(3)31-37)67(92)80-52-16-19-61(119(109,110)111)49-28-43(116(100,101)102)10-13-46(49)52)71(96)78-41-26-56(87(7)35-41)65(90)75-38-23-59(84(4)32-38)68(93)81-53-17-20-62(120(112,113)114)50-29-44(117(103,104)105)11-14-47(50)53/h9-35H,8H2,1-7H3,(H,73,88)(H,74,89)(H,75,90)(H,76,94)(H,77,95)(H,78,96)(H,79,91)(H,80,92)(H,81,93)(H,97,98,99)(H,100,101,102)(H,103,104,105)(H,106,107,108)(H,109,110,111)(H,112,113,114). The molecule has 0 radical (unpaired) electrons. The van der Waals surface area contributed by atoms with Gasteiger partial charge in [-0.3, -0.25) is 70.5 Å². The van der Waals surface area contributed by atoms with Gasteiger partial charge in [0.1, 0.15) is 48.9 Å². The lowest BCUT2D eigenvalue weighted by Crippen LogP contribution is -2.53. The molecule has 0 fully saturated rings. The lowest BCUT2D eigenvalue weighted by molar-refractivity contribution is -0.145. The van der Waals surface area contributed by atoms with Crippen molar-refractivity contribution in [3.63, 3.8) is 0 Å². The van der Waals surface area contributed by atoms with Gasteiger partial charge in [-0.1, -0.05) is 25.1 Å². The summed E-state index contributed by atoms with van der Waals surface area (Å²) in [4.78, 5) is 125. The Hall–Kier alpha value is -13.5. The third-order valence-corrected chi connectivity index (χ3v) is 24.3. The lowest BCUT2D eigenvalue weighted by Gasteiger charge is -2.28. The zero-order valence-electron chi connectivity index (χ0n) is 62.7. The SMILES string of the molecule is CCC(C(=O)Nc1cc(C(=O)Nc2cc(C(=O)Nc3ccc(S(=O)(=O)O)c4cc(S(=O)(=O)O)ccc34)n(C)c2)n(C)c1)(C(=O)Nc1cc(C(=O)Nc2cc(C(=O)Nc3ccc(S(=O)(=O)O)c4cc(S(=O)(=O)O)ccc34)n(C)c2)n(C)c1)C(=O)Nc1cc(C(=O)Nc2cc(C(=O)Nc3ccc(S(=O)(=O)O)c4cc(S(=O)(=O)O)ccc34)n(C)c2)n(C)c1. The van der Waals surface area contributed by atoms with Crippen molar-refractivity contribution in [3.8, 4) is 0 Å². The molecule has 9 amide bonds. The van der Waals surface area contributed by atoms with Gasteiger partial charge in [0.15, 0.2) is 0 Å². The normalized spacial score (nSPS) is 12.3. The predicted molar refractivity (Wildman–Crippen MR) is 430 cm³/mol. The molecule has 626 valence electrons. The molecule has 6 aromatic carbocycles. The molecule has 0 unspecified atom stereocenters. The number of anilines is 9. The van der Waals surface area contributed by atoms with E-state index in [9.17, 15) is 107 Å². The van der Waals surface area contributed by atoms with Crippen molar-refractivity contribution in [2.45, 2.75) is 42.7 Å². The van der Waals surface area contributed by atoms with Crippen LogP contribution in [0.2, 0.25) is 0 Å². The molecule has 6 aromatic heterocycles. The van der Waals surface area contributed by atoms with E-state index < -0.39 is 155 Å².